The van der Waals surface area contributed by atoms with E-state index in [1.807, 2.05) is 24.3 Å². The average molecular weight is 223 g/mol. The Morgan fingerprint density at radius 3 is 3.00 bits per heavy atom. The van der Waals surface area contributed by atoms with Crippen LogP contribution in [0.2, 0.25) is 0 Å². The summed E-state index contributed by atoms with van der Waals surface area (Å²) in [5, 5.41) is 9.95. The normalized spacial score (nSPS) is 12.6. The molecule has 1 heterocycles. The van der Waals surface area contributed by atoms with Gasteiger partial charge in [-0.3, -0.25) is 0 Å². The minimum absolute atomic E-state index is 0.242. The fourth-order valence-electron chi connectivity index (χ4n) is 1.32. The van der Waals surface area contributed by atoms with Gasteiger partial charge in [0, 0.05) is 11.3 Å². The monoisotopic (exact) mass is 222 g/mol. The fraction of sp³-hybridized carbons (Fsp3) is 0.200. The van der Waals surface area contributed by atoms with Crippen LogP contribution < -0.4 is 0 Å². The zero-order chi connectivity index (χ0) is 9.97. The Labute approximate surface area is 90.9 Å². The van der Waals surface area contributed by atoms with Crippen LogP contribution in [-0.2, 0) is 0 Å². The molecule has 0 amide bonds. The van der Waals surface area contributed by atoms with Gasteiger partial charge in [0.25, 0.3) is 0 Å². The van der Waals surface area contributed by atoms with E-state index in [1.54, 1.807) is 0 Å². The summed E-state index contributed by atoms with van der Waals surface area (Å²) in [6.07, 6.45) is 0. The van der Waals surface area contributed by atoms with E-state index in [9.17, 15) is 0 Å². The molecule has 0 bridgehead atoms. The van der Waals surface area contributed by atoms with Crippen LogP contribution in [-0.4, -0.2) is 10.3 Å². The molecule has 0 radical (unpaired) electrons. The summed E-state index contributed by atoms with van der Waals surface area (Å²) in [5.74, 6) is 0.0805. The van der Waals surface area contributed by atoms with Gasteiger partial charge in [0.05, 0.1) is 22.4 Å². The van der Waals surface area contributed by atoms with Gasteiger partial charge < -0.3 is 0 Å². The molecule has 14 heavy (non-hydrogen) atoms. The van der Waals surface area contributed by atoms with Gasteiger partial charge in [-0.25, -0.2) is 0 Å². The van der Waals surface area contributed by atoms with Gasteiger partial charge in [0.2, 0.25) is 0 Å². The highest BCUT2D eigenvalue weighted by Gasteiger charge is 2.15. The number of rotatable bonds is 2. The molecule has 70 valence electrons. The molecule has 2 aromatic rings. The zero-order valence-electron chi connectivity index (χ0n) is 7.27. The van der Waals surface area contributed by atoms with Crippen LogP contribution in [0.1, 0.15) is 10.8 Å². The molecule has 0 aliphatic carbocycles. The van der Waals surface area contributed by atoms with E-state index in [2.05, 4.69) is 10.4 Å². The highest BCUT2D eigenvalue weighted by Crippen LogP contribution is 2.29. The summed E-state index contributed by atoms with van der Waals surface area (Å²) in [5.41, 5.74) is 0.942. The third-order valence-corrected chi connectivity index (χ3v) is 3.34. The number of aromatic nitrogens is 1. The molecular formula is C10H7ClN2S. The van der Waals surface area contributed by atoms with Gasteiger partial charge in [0.1, 0.15) is 0 Å². The highest BCUT2D eigenvalue weighted by molar-refractivity contribution is 7.07. The number of fused-ring (bicyclic) bond motifs is 1. The highest BCUT2D eigenvalue weighted by atomic mass is 35.5. The van der Waals surface area contributed by atoms with E-state index in [0.29, 0.717) is 5.88 Å². The maximum absolute atomic E-state index is 8.90. The summed E-state index contributed by atoms with van der Waals surface area (Å²) in [4.78, 5) is 0.970. The minimum atomic E-state index is -0.242. The molecule has 0 fully saturated rings. The van der Waals surface area contributed by atoms with Crippen molar-refractivity contribution in [3.63, 3.8) is 0 Å². The maximum Gasteiger partial charge on any atom is 0.0963 e. The van der Waals surface area contributed by atoms with Crippen LogP contribution in [0.5, 0.6) is 0 Å². The van der Waals surface area contributed by atoms with Crippen molar-refractivity contribution in [2.24, 2.45) is 0 Å². The largest absolute Gasteiger partial charge is 0.198 e. The van der Waals surface area contributed by atoms with Gasteiger partial charge in [0.15, 0.2) is 0 Å². The Balaban J connectivity index is 2.59. The van der Waals surface area contributed by atoms with Crippen molar-refractivity contribution in [2.75, 3.05) is 5.88 Å². The molecule has 0 aliphatic rings. The van der Waals surface area contributed by atoms with Crippen LogP contribution in [0, 0.1) is 11.3 Å². The Morgan fingerprint density at radius 1 is 1.50 bits per heavy atom. The first-order valence-corrected chi connectivity index (χ1v) is 5.47. The lowest BCUT2D eigenvalue weighted by molar-refractivity contribution is 1.03. The molecule has 0 spiro atoms. The molecule has 1 aromatic carbocycles. The third-order valence-electron chi connectivity index (χ3n) is 2.04. The average Bonchev–Trinajstić information content (AvgIpc) is 2.65. The lowest BCUT2D eigenvalue weighted by Gasteiger charge is -2.00. The Kier molecular flexibility index (Phi) is 2.67. The van der Waals surface area contributed by atoms with Crippen molar-refractivity contribution in [1.29, 1.82) is 5.26 Å². The van der Waals surface area contributed by atoms with Crippen LogP contribution in [0.25, 0.3) is 10.9 Å². The predicted octanol–water partition coefficient (Wildman–Crippen LogP) is 3.14. The first-order chi connectivity index (χ1) is 6.86. The van der Waals surface area contributed by atoms with Crippen LogP contribution in [0.3, 0.4) is 0 Å². The summed E-state index contributed by atoms with van der Waals surface area (Å²) < 4.78 is 4.27. The van der Waals surface area contributed by atoms with Crippen molar-refractivity contribution < 1.29 is 0 Å². The Bertz CT molecular complexity index is 486. The van der Waals surface area contributed by atoms with E-state index in [0.717, 1.165) is 15.8 Å². The van der Waals surface area contributed by atoms with Gasteiger partial charge in [-0.05, 0) is 17.6 Å². The van der Waals surface area contributed by atoms with E-state index >= 15 is 0 Å². The van der Waals surface area contributed by atoms with Crippen molar-refractivity contribution in [3.8, 4) is 6.07 Å². The first kappa shape index (κ1) is 9.45. The van der Waals surface area contributed by atoms with Crippen LogP contribution in [0.15, 0.2) is 24.3 Å². The van der Waals surface area contributed by atoms with Crippen LogP contribution >= 0.6 is 23.1 Å². The standard InChI is InChI=1S/C10H7ClN2S/c11-5-7(6-12)10-8-3-1-2-4-9(8)13-14-10/h1-4,7H,5H2. The topological polar surface area (TPSA) is 36.7 Å². The van der Waals surface area contributed by atoms with Crippen LogP contribution in [0.4, 0.5) is 0 Å². The predicted molar refractivity (Wildman–Crippen MR) is 58.7 cm³/mol. The lowest BCUT2D eigenvalue weighted by atomic mass is 10.1. The second kappa shape index (κ2) is 3.95. The Hall–Kier alpha value is -1.11. The summed E-state index contributed by atoms with van der Waals surface area (Å²) in [7, 11) is 0. The Morgan fingerprint density at radius 2 is 2.29 bits per heavy atom. The van der Waals surface area contributed by atoms with Crippen molar-refractivity contribution in [2.45, 2.75) is 5.92 Å². The third kappa shape index (κ3) is 1.47. The van der Waals surface area contributed by atoms with Crippen molar-refractivity contribution in [1.82, 2.24) is 4.37 Å². The summed E-state index contributed by atoms with van der Waals surface area (Å²) >= 11 is 7.08. The molecule has 1 aromatic heterocycles. The second-order valence-corrected chi connectivity index (χ2v) is 4.01. The molecule has 1 unspecified atom stereocenters. The van der Waals surface area contributed by atoms with Gasteiger partial charge in [-0.2, -0.15) is 9.64 Å². The van der Waals surface area contributed by atoms with Gasteiger partial charge in [-0.1, -0.05) is 18.2 Å². The molecule has 1 atom stereocenters. The molecule has 0 N–H and O–H groups in total. The number of hydrogen-bond donors (Lipinski definition) is 0. The van der Waals surface area contributed by atoms with Gasteiger partial charge >= 0.3 is 0 Å². The van der Waals surface area contributed by atoms with E-state index < -0.39 is 0 Å². The second-order valence-electron chi connectivity index (χ2n) is 2.90. The number of nitriles is 1. The van der Waals surface area contributed by atoms with E-state index in [-0.39, 0.29) is 5.92 Å². The van der Waals surface area contributed by atoms with E-state index in [4.69, 9.17) is 16.9 Å². The van der Waals surface area contributed by atoms with E-state index in [1.165, 1.54) is 11.5 Å². The molecule has 4 heteroatoms. The quantitative estimate of drug-likeness (QED) is 0.732. The number of hydrogen-bond acceptors (Lipinski definition) is 3. The number of alkyl halides is 1. The SMILES string of the molecule is N#CC(CCl)c1snc2ccccc12. The molecule has 0 aliphatic heterocycles. The van der Waals surface area contributed by atoms with Gasteiger partial charge in [-0.15, -0.1) is 11.6 Å². The zero-order valence-corrected chi connectivity index (χ0v) is 8.85. The fourth-order valence-corrected chi connectivity index (χ4v) is 2.53. The number of benzene rings is 1. The molecule has 0 saturated carbocycles. The number of halogens is 1. The lowest BCUT2D eigenvalue weighted by Crippen LogP contribution is -1.93. The first-order valence-electron chi connectivity index (χ1n) is 4.16. The maximum atomic E-state index is 8.90. The molecule has 2 rings (SSSR count). The van der Waals surface area contributed by atoms with Crippen molar-refractivity contribution >= 4 is 34.0 Å². The number of nitrogens with zero attached hydrogens (tertiary/aromatic N) is 2. The summed E-state index contributed by atoms with van der Waals surface area (Å²) in [6, 6.07) is 9.99. The molecule has 0 saturated heterocycles. The van der Waals surface area contributed by atoms with Crippen molar-refractivity contribution in [3.05, 3.63) is 29.1 Å². The minimum Gasteiger partial charge on any atom is -0.198 e. The summed E-state index contributed by atoms with van der Waals surface area (Å²) in [6.45, 7) is 0. The molecular weight excluding hydrogens is 216 g/mol. The molecule has 2 nitrogen and oxygen atoms in total. The smallest absolute Gasteiger partial charge is 0.0963 e.